The Morgan fingerprint density at radius 2 is 1.94 bits per heavy atom. The number of hydrogen-bond donors (Lipinski definition) is 0. The molecular weight excluding hydrogens is 214 g/mol. The van der Waals surface area contributed by atoms with Gasteiger partial charge in [0.1, 0.15) is 23.3 Å². The molecule has 0 saturated heterocycles. The molecule has 4 heteroatoms. The molecule has 0 aliphatic rings. The molecule has 4 nitrogen and oxygen atoms in total. The quantitative estimate of drug-likeness (QED) is 0.788. The van der Waals surface area contributed by atoms with Crippen LogP contribution in [0.3, 0.4) is 0 Å². The van der Waals surface area contributed by atoms with Gasteiger partial charge < -0.3 is 4.74 Å². The van der Waals surface area contributed by atoms with E-state index in [1.165, 1.54) is 0 Å². The Balaban J connectivity index is 2.30. The molecule has 0 radical (unpaired) electrons. The van der Waals surface area contributed by atoms with Gasteiger partial charge in [-0.05, 0) is 25.5 Å². The third kappa shape index (κ3) is 2.79. The van der Waals surface area contributed by atoms with E-state index in [1.54, 1.807) is 24.5 Å². The average Bonchev–Trinajstić information content (AvgIpc) is 2.28. The summed E-state index contributed by atoms with van der Waals surface area (Å²) in [6.07, 6.45) is 3.39. The third-order valence-corrected chi connectivity index (χ3v) is 2.13. The molecule has 0 bridgehead atoms. The second-order valence-corrected chi connectivity index (χ2v) is 3.74. The number of aromatic nitrogens is 2. The average molecular weight is 225 g/mol. The van der Waals surface area contributed by atoms with Gasteiger partial charge in [-0.2, -0.15) is 5.26 Å². The molecule has 0 atom stereocenters. The van der Waals surface area contributed by atoms with E-state index in [9.17, 15) is 0 Å². The van der Waals surface area contributed by atoms with Crippen molar-refractivity contribution in [3.05, 3.63) is 47.5 Å². The summed E-state index contributed by atoms with van der Waals surface area (Å²) < 4.78 is 5.63. The fraction of sp³-hybridized carbons (Fsp3) is 0.154. The van der Waals surface area contributed by atoms with Gasteiger partial charge in [-0.3, -0.25) is 4.98 Å². The van der Waals surface area contributed by atoms with E-state index in [-0.39, 0.29) is 0 Å². The molecular formula is C13H11N3O. The van der Waals surface area contributed by atoms with Crippen molar-refractivity contribution in [3.8, 4) is 17.6 Å². The number of nitrogens with zero attached hydrogens (tertiary/aromatic N) is 3. The maximum atomic E-state index is 8.82. The summed E-state index contributed by atoms with van der Waals surface area (Å²) in [4.78, 5) is 8.09. The normalized spacial score (nSPS) is 9.71. The molecule has 2 aromatic rings. The van der Waals surface area contributed by atoms with Gasteiger partial charge in [0.05, 0.1) is 6.20 Å². The maximum absolute atomic E-state index is 8.82. The van der Waals surface area contributed by atoms with Crippen molar-refractivity contribution < 1.29 is 4.74 Å². The Labute approximate surface area is 99.5 Å². The van der Waals surface area contributed by atoms with Gasteiger partial charge in [-0.25, -0.2) is 4.98 Å². The number of nitriles is 1. The zero-order chi connectivity index (χ0) is 12.3. The zero-order valence-electron chi connectivity index (χ0n) is 9.64. The second-order valence-electron chi connectivity index (χ2n) is 3.74. The Bertz CT molecular complexity index is 587. The summed E-state index contributed by atoms with van der Waals surface area (Å²) in [5.74, 6) is 1.25. The zero-order valence-corrected chi connectivity index (χ0v) is 9.64. The summed E-state index contributed by atoms with van der Waals surface area (Å²) in [5, 5.41) is 8.82. The molecule has 0 fully saturated rings. The van der Waals surface area contributed by atoms with Gasteiger partial charge in [0.15, 0.2) is 0 Å². The standard InChI is InChI=1S/C13H11N3O/c1-9-3-13(8-15-7-9)17-12-4-10(2)16-11(5-12)6-14/h3-5,7-8H,1-2H3. The molecule has 0 N–H and O–H groups in total. The van der Waals surface area contributed by atoms with Gasteiger partial charge in [0.25, 0.3) is 0 Å². The fourth-order valence-corrected chi connectivity index (χ4v) is 1.47. The van der Waals surface area contributed by atoms with Crippen molar-refractivity contribution in [2.24, 2.45) is 0 Å². The van der Waals surface area contributed by atoms with Crippen LogP contribution in [0, 0.1) is 25.2 Å². The summed E-state index contributed by atoms with van der Waals surface area (Å²) in [5.41, 5.74) is 2.12. The van der Waals surface area contributed by atoms with E-state index >= 15 is 0 Å². The molecule has 0 amide bonds. The molecule has 2 rings (SSSR count). The number of ether oxygens (including phenoxy) is 1. The van der Waals surface area contributed by atoms with Gasteiger partial charge in [-0.15, -0.1) is 0 Å². The van der Waals surface area contributed by atoms with Crippen LogP contribution in [0.1, 0.15) is 17.0 Å². The van der Waals surface area contributed by atoms with Crippen LogP contribution < -0.4 is 4.74 Å². The van der Waals surface area contributed by atoms with Crippen LogP contribution in [0.4, 0.5) is 0 Å². The van der Waals surface area contributed by atoms with Crippen molar-refractivity contribution in [2.75, 3.05) is 0 Å². The van der Waals surface area contributed by atoms with Crippen molar-refractivity contribution >= 4 is 0 Å². The molecule has 0 saturated carbocycles. The maximum Gasteiger partial charge on any atom is 0.145 e. The Kier molecular flexibility index (Phi) is 3.01. The molecule has 0 unspecified atom stereocenters. The van der Waals surface area contributed by atoms with Crippen molar-refractivity contribution in [1.29, 1.82) is 5.26 Å². The number of rotatable bonds is 2. The molecule has 2 heterocycles. The van der Waals surface area contributed by atoms with Gasteiger partial charge in [0.2, 0.25) is 0 Å². The smallest absolute Gasteiger partial charge is 0.145 e. The van der Waals surface area contributed by atoms with Crippen LogP contribution in [-0.4, -0.2) is 9.97 Å². The summed E-state index contributed by atoms with van der Waals surface area (Å²) in [6.45, 7) is 3.76. The molecule has 2 aromatic heterocycles. The SMILES string of the molecule is Cc1cncc(Oc2cc(C)nc(C#N)c2)c1. The Hall–Kier alpha value is -2.41. The summed E-state index contributed by atoms with van der Waals surface area (Å²) in [7, 11) is 0. The first-order valence-electron chi connectivity index (χ1n) is 5.15. The highest BCUT2D eigenvalue weighted by atomic mass is 16.5. The highest BCUT2D eigenvalue weighted by molar-refractivity contribution is 5.36. The predicted octanol–water partition coefficient (Wildman–Crippen LogP) is 2.76. The first-order chi connectivity index (χ1) is 8.17. The number of aryl methyl sites for hydroxylation is 2. The van der Waals surface area contributed by atoms with Crippen LogP contribution in [0.25, 0.3) is 0 Å². The van der Waals surface area contributed by atoms with Gasteiger partial charge in [0, 0.05) is 24.0 Å². The minimum atomic E-state index is 0.348. The second kappa shape index (κ2) is 4.62. The molecule has 0 aliphatic carbocycles. The summed E-state index contributed by atoms with van der Waals surface area (Å²) >= 11 is 0. The monoisotopic (exact) mass is 225 g/mol. The van der Waals surface area contributed by atoms with E-state index < -0.39 is 0 Å². The van der Waals surface area contributed by atoms with E-state index in [0.717, 1.165) is 11.3 Å². The third-order valence-electron chi connectivity index (χ3n) is 2.13. The minimum absolute atomic E-state index is 0.348. The van der Waals surface area contributed by atoms with E-state index in [1.807, 2.05) is 26.0 Å². The van der Waals surface area contributed by atoms with E-state index in [4.69, 9.17) is 10.00 Å². The Morgan fingerprint density at radius 1 is 1.12 bits per heavy atom. The lowest BCUT2D eigenvalue weighted by Crippen LogP contribution is -1.91. The van der Waals surface area contributed by atoms with E-state index in [2.05, 4.69) is 9.97 Å². The van der Waals surface area contributed by atoms with Crippen LogP contribution in [0.5, 0.6) is 11.5 Å². The molecule has 0 aliphatic heterocycles. The highest BCUT2D eigenvalue weighted by Crippen LogP contribution is 2.22. The van der Waals surface area contributed by atoms with Crippen LogP contribution in [0.15, 0.2) is 30.6 Å². The molecule has 17 heavy (non-hydrogen) atoms. The molecule has 84 valence electrons. The first kappa shape index (κ1) is 11.1. The van der Waals surface area contributed by atoms with Crippen LogP contribution in [-0.2, 0) is 0 Å². The van der Waals surface area contributed by atoms with E-state index in [0.29, 0.717) is 17.2 Å². The molecule has 0 aromatic carbocycles. The predicted molar refractivity (Wildman–Crippen MR) is 62.7 cm³/mol. The summed E-state index contributed by atoms with van der Waals surface area (Å²) in [6, 6.07) is 7.27. The van der Waals surface area contributed by atoms with Gasteiger partial charge >= 0.3 is 0 Å². The fourth-order valence-electron chi connectivity index (χ4n) is 1.47. The molecule has 0 spiro atoms. The Morgan fingerprint density at radius 3 is 2.65 bits per heavy atom. The number of hydrogen-bond acceptors (Lipinski definition) is 4. The first-order valence-corrected chi connectivity index (χ1v) is 5.15. The van der Waals surface area contributed by atoms with Crippen molar-refractivity contribution in [1.82, 2.24) is 9.97 Å². The topological polar surface area (TPSA) is 58.8 Å². The van der Waals surface area contributed by atoms with Crippen LogP contribution >= 0.6 is 0 Å². The largest absolute Gasteiger partial charge is 0.456 e. The minimum Gasteiger partial charge on any atom is -0.456 e. The lowest BCUT2D eigenvalue weighted by Gasteiger charge is -2.06. The van der Waals surface area contributed by atoms with Crippen molar-refractivity contribution in [3.63, 3.8) is 0 Å². The highest BCUT2D eigenvalue weighted by Gasteiger charge is 2.02. The van der Waals surface area contributed by atoms with Crippen molar-refractivity contribution in [2.45, 2.75) is 13.8 Å². The number of pyridine rings is 2. The van der Waals surface area contributed by atoms with Crippen LogP contribution in [0.2, 0.25) is 0 Å². The lowest BCUT2D eigenvalue weighted by molar-refractivity contribution is 0.478. The van der Waals surface area contributed by atoms with Gasteiger partial charge in [-0.1, -0.05) is 0 Å². The lowest BCUT2D eigenvalue weighted by atomic mass is 10.3.